The van der Waals surface area contributed by atoms with Crippen molar-refractivity contribution in [1.82, 2.24) is 4.90 Å². The fourth-order valence-corrected chi connectivity index (χ4v) is 2.15. The van der Waals surface area contributed by atoms with Crippen LogP contribution >= 0.6 is 0 Å². The molecule has 0 radical (unpaired) electrons. The van der Waals surface area contributed by atoms with Gasteiger partial charge < -0.3 is 15.3 Å². The average Bonchev–Trinajstić information content (AvgIpc) is 2.69. The molecule has 1 aliphatic heterocycles. The van der Waals surface area contributed by atoms with Crippen LogP contribution in [0, 0.1) is 0 Å². The van der Waals surface area contributed by atoms with E-state index in [0.29, 0.717) is 13.0 Å². The van der Waals surface area contributed by atoms with E-state index in [9.17, 15) is 23.1 Å². The highest BCUT2D eigenvalue weighted by atomic mass is 19.4. The van der Waals surface area contributed by atoms with Crippen molar-refractivity contribution in [2.75, 3.05) is 18.4 Å². The van der Waals surface area contributed by atoms with Crippen molar-refractivity contribution in [2.24, 2.45) is 0 Å². The van der Waals surface area contributed by atoms with Crippen LogP contribution in [0.2, 0.25) is 0 Å². The number of anilines is 1. The molecule has 0 saturated carbocycles. The fourth-order valence-electron chi connectivity index (χ4n) is 2.15. The van der Waals surface area contributed by atoms with E-state index in [1.165, 1.54) is 23.1 Å². The van der Waals surface area contributed by atoms with Crippen molar-refractivity contribution in [2.45, 2.75) is 25.1 Å². The van der Waals surface area contributed by atoms with Crippen LogP contribution in [0.5, 0.6) is 0 Å². The lowest BCUT2D eigenvalue weighted by atomic mass is 10.1. The number of aliphatic hydroxyl groups is 1. The van der Waals surface area contributed by atoms with E-state index < -0.39 is 23.4 Å². The second-order valence-corrected chi connectivity index (χ2v) is 5.14. The van der Waals surface area contributed by atoms with E-state index in [0.717, 1.165) is 6.07 Å². The highest BCUT2D eigenvalue weighted by Crippen LogP contribution is 2.34. The average molecular weight is 288 g/mol. The first-order valence-corrected chi connectivity index (χ1v) is 6.14. The lowest BCUT2D eigenvalue weighted by Gasteiger charge is -2.21. The van der Waals surface area contributed by atoms with Crippen LogP contribution in [0.25, 0.3) is 0 Å². The summed E-state index contributed by atoms with van der Waals surface area (Å²) in [6.07, 6.45) is -4.12. The lowest BCUT2D eigenvalue weighted by Crippen LogP contribution is -2.37. The summed E-state index contributed by atoms with van der Waals surface area (Å²) in [6.45, 7) is 2.00. The lowest BCUT2D eigenvalue weighted by molar-refractivity contribution is -0.136. The van der Waals surface area contributed by atoms with E-state index in [-0.39, 0.29) is 12.2 Å². The number of nitrogens with zero attached hydrogens (tertiary/aromatic N) is 1. The third-order valence-corrected chi connectivity index (χ3v) is 3.21. The van der Waals surface area contributed by atoms with Crippen LogP contribution in [0.4, 0.5) is 23.7 Å². The zero-order chi connectivity index (χ0) is 15.0. The molecule has 0 aliphatic carbocycles. The molecule has 1 unspecified atom stereocenters. The molecule has 1 aromatic carbocycles. The van der Waals surface area contributed by atoms with E-state index in [4.69, 9.17) is 0 Å². The fraction of sp³-hybridized carbons (Fsp3) is 0.462. The Balaban J connectivity index is 2.13. The van der Waals surface area contributed by atoms with Crippen molar-refractivity contribution < 1.29 is 23.1 Å². The number of hydrogen-bond donors (Lipinski definition) is 2. The van der Waals surface area contributed by atoms with Gasteiger partial charge in [-0.3, -0.25) is 0 Å². The molecule has 20 heavy (non-hydrogen) atoms. The molecule has 1 aliphatic rings. The quantitative estimate of drug-likeness (QED) is 0.834. The first-order valence-electron chi connectivity index (χ1n) is 6.14. The summed E-state index contributed by atoms with van der Waals surface area (Å²) in [6, 6.07) is 4.16. The Hall–Kier alpha value is -1.76. The number of amides is 2. The van der Waals surface area contributed by atoms with Gasteiger partial charge in [-0.25, -0.2) is 4.79 Å². The predicted octanol–water partition coefficient (Wildman–Crippen LogP) is 2.69. The van der Waals surface area contributed by atoms with Gasteiger partial charge in [0.05, 0.1) is 23.4 Å². The Morgan fingerprint density at radius 3 is 2.60 bits per heavy atom. The molecule has 0 bridgehead atoms. The van der Waals surface area contributed by atoms with Crippen molar-refractivity contribution in [3.63, 3.8) is 0 Å². The molecule has 4 nitrogen and oxygen atoms in total. The van der Waals surface area contributed by atoms with Crippen LogP contribution in [-0.2, 0) is 6.18 Å². The number of alkyl halides is 3. The normalized spacial score (nSPS) is 22.9. The molecule has 1 saturated heterocycles. The van der Waals surface area contributed by atoms with Crippen molar-refractivity contribution >= 4 is 11.7 Å². The summed E-state index contributed by atoms with van der Waals surface area (Å²) < 4.78 is 38.4. The van der Waals surface area contributed by atoms with E-state index >= 15 is 0 Å². The minimum Gasteiger partial charge on any atom is -0.388 e. The molecule has 0 spiro atoms. The SMILES string of the molecule is CC1(O)CCN(C(=O)Nc2ccccc2C(F)(F)F)C1. The number of β-amino-alcohol motifs (C(OH)–C–C–N with tert-alkyl or cyclic N) is 1. The maximum absolute atomic E-state index is 12.8. The summed E-state index contributed by atoms with van der Waals surface area (Å²) >= 11 is 0. The highest BCUT2D eigenvalue weighted by molar-refractivity contribution is 5.90. The molecular weight excluding hydrogens is 273 g/mol. The Labute approximate surface area is 114 Å². The molecule has 1 aromatic rings. The second kappa shape index (κ2) is 4.97. The van der Waals surface area contributed by atoms with Crippen LogP contribution in [-0.4, -0.2) is 34.7 Å². The maximum Gasteiger partial charge on any atom is 0.418 e. The molecule has 110 valence electrons. The van der Waals surface area contributed by atoms with Crippen molar-refractivity contribution in [3.8, 4) is 0 Å². The number of urea groups is 1. The van der Waals surface area contributed by atoms with Gasteiger partial charge in [0.1, 0.15) is 0 Å². The molecular formula is C13H15F3N2O2. The van der Waals surface area contributed by atoms with Crippen LogP contribution < -0.4 is 5.32 Å². The number of likely N-dealkylation sites (tertiary alicyclic amines) is 1. The number of hydrogen-bond acceptors (Lipinski definition) is 2. The van der Waals surface area contributed by atoms with Crippen molar-refractivity contribution in [1.29, 1.82) is 0 Å². The molecule has 1 atom stereocenters. The molecule has 2 N–H and O–H groups in total. The summed E-state index contributed by atoms with van der Waals surface area (Å²) in [5.41, 5.74) is -2.16. The number of rotatable bonds is 1. The standard InChI is InChI=1S/C13H15F3N2O2/c1-12(20)6-7-18(8-12)11(19)17-10-5-3-2-4-9(10)13(14,15)16/h2-5,20H,6-8H2,1H3,(H,17,19). The number of nitrogens with one attached hydrogen (secondary N) is 1. The minimum atomic E-state index is -4.53. The third kappa shape index (κ3) is 3.22. The number of benzene rings is 1. The Bertz CT molecular complexity index is 515. The second-order valence-electron chi connectivity index (χ2n) is 5.14. The number of carbonyl (C=O) groups excluding carboxylic acids is 1. The van der Waals surface area contributed by atoms with Gasteiger partial charge in [0.2, 0.25) is 0 Å². The van der Waals surface area contributed by atoms with Gasteiger partial charge in [-0.05, 0) is 25.5 Å². The molecule has 1 heterocycles. The van der Waals surface area contributed by atoms with Crippen LogP contribution in [0.3, 0.4) is 0 Å². The largest absolute Gasteiger partial charge is 0.418 e. The Kier molecular flexibility index (Phi) is 3.64. The van der Waals surface area contributed by atoms with Gasteiger partial charge in [-0.1, -0.05) is 12.1 Å². The smallest absolute Gasteiger partial charge is 0.388 e. The van der Waals surface area contributed by atoms with Gasteiger partial charge in [-0.2, -0.15) is 13.2 Å². The third-order valence-electron chi connectivity index (χ3n) is 3.21. The monoisotopic (exact) mass is 288 g/mol. The van der Waals surface area contributed by atoms with Gasteiger partial charge in [0, 0.05) is 6.54 Å². The molecule has 2 rings (SSSR count). The van der Waals surface area contributed by atoms with E-state index in [1.807, 2.05) is 0 Å². The first kappa shape index (κ1) is 14.6. The Morgan fingerprint density at radius 2 is 2.05 bits per heavy atom. The summed E-state index contributed by atoms with van der Waals surface area (Å²) in [5.74, 6) is 0. The van der Waals surface area contributed by atoms with E-state index in [1.54, 1.807) is 6.92 Å². The zero-order valence-electron chi connectivity index (χ0n) is 10.9. The minimum absolute atomic E-state index is 0.104. The predicted molar refractivity (Wildman–Crippen MR) is 67.3 cm³/mol. The first-order chi connectivity index (χ1) is 9.19. The van der Waals surface area contributed by atoms with E-state index in [2.05, 4.69) is 5.32 Å². The number of para-hydroxylation sites is 1. The summed E-state index contributed by atoms with van der Waals surface area (Å²) in [4.78, 5) is 13.2. The van der Waals surface area contributed by atoms with Gasteiger partial charge in [0.25, 0.3) is 0 Å². The number of halogens is 3. The summed E-state index contributed by atoms with van der Waals surface area (Å²) in [7, 11) is 0. The zero-order valence-corrected chi connectivity index (χ0v) is 10.9. The maximum atomic E-state index is 12.8. The van der Waals surface area contributed by atoms with Crippen molar-refractivity contribution in [3.05, 3.63) is 29.8 Å². The Morgan fingerprint density at radius 1 is 1.40 bits per heavy atom. The van der Waals surface area contributed by atoms with Gasteiger partial charge in [-0.15, -0.1) is 0 Å². The number of carbonyl (C=O) groups is 1. The summed E-state index contributed by atoms with van der Waals surface area (Å²) in [5, 5.41) is 12.0. The molecule has 7 heteroatoms. The topological polar surface area (TPSA) is 52.6 Å². The van der Waals surface area contributed by atoms with Crippen LogP contribution in [0.1, 0.15) is 18.9 Å². The van der Waals surface area contributed by atoms with Gasteiger partial charge in [0.15, 0.2) is 0 Å². The molecule has 1 fully saturated rings. The molecule has 0 aromatic heterocycles. The highest BCUT2D eigenvalue weighted by Gasteiger charge is 2.36. The molecule has 2 amide bonds. The van der Waals surface area contributed by atoms with Crippen LogP contribution in [0.15, 0.2) is 24.3 Å². The van der Waals surface area contributed by atoms with Gasteiger partial charge >= 0.3 is 12.2 Å².